The molecular formula is C17H29NO. The molecule has 0 bridgehead atoms. The topological polar surface area (TPSA) is 35.2 Å². The van der Waals surface area contributed by atoms with E-state index < -0.39 is 0 Å². The Morgan fingerprint density at radius 1 is 1.16 bits per heavy atom. The van der Waals surface area contributed by atoms with Crippen molar-refractivity contribution < 1.29 is 4.74 Å². The molecule has 0 amide bonds. The monoisotopic (exact) mass is 263 g/mol. The number of hydrogen-bond donors (Lipinski definition) is 1. The molecule has 2 N–H and O–H groups in total. The van der Waals surface area contributed by atoms with E-state index >= 15 is 0 Å². The SMILES string of the molecule is CCCOc1cc(C)c(CC(C)CC(C)N)c(C)c1. The normalized spacial score (nSPS) is 14.2. The van der Waals surface area contributed by atoms with Gasteiger partial charge in [0, 0.05) is 6.04 Å². The van der Waals surface area contributed by atoms with Gasteiger partial charge in [0.2, 0.25) is 0 Å². The highest BCUT2D eigenvalue weighted by molar-refractivity contribution is 5.41. The average Bonchev–Trinajstić information content (AvgIpc) is 2.30. The first-order valence-electron chi connectivity index (χ1n) is 7.42. The summed E-state index contributed by atoms with van der Waals surface area (Å²) in [6.45, 7) is 11.6. The minimum absolute atomic E-state index is 0.280. The van der Waals surface area contributed by atoms with Gasteiger partial charge in [-0.1, -0.05) is 13.8 Å². The fraction of sp³-hybridized carbons (Fsp3) is 0.647. The molecule has 0 heterocycles. The first kappa shape index (κ1) is 16.0. The van der Waals surface area contributed by atoms with E-state index in [-0.39, 0.29) is 6.04 Å². The Bertz CT molecular complexity index is 375. The lowest BCUT2D eigenvalue weighted by atomic mass is 9.90. The highest BCUT2D eigenvalue weighted by atomic mass is 16.5. The Morgan fingerprint density at radius 2 is 1.74 bits per heavy atom. The summed E-state index contributed by atoms with van der Waals surface area (Å²) in [5.41, 5.74) is 10.0. The van der Waals surface area contributed by atoms with Gasteiger partial charge in [0.15, 0.2) is 0 Å². The van der Waals surface area contributed by atoms with Gasteiger partial charge < -0.3 is 10.5 Å². The lowest BCUT2D eigenvalue weighted by molar-refractivity contribution is 0.317. The number of ether oxygens (including phenoxy) is 1. The predicted octanol–water partition coefficient (Wildman–Crippen LogP) is 4.01. The van der Waals surface area contributed by atoms with E-state index in [4.69, 9.17) is 10.5 Å². The molecule has 0 spiro atoms. The third kappa shape index (κ3) is 5.23. The third-order valence-electron chi connectivity index (χ3n) is 3.47. The zero-order valence-corrected chi connectivity index (χ0v) is 13.1. The van der Waals surface area contributed by atoms with E-state index in [1.165, 1.54) is 16.7 Å². The summed E-state index contributed by atoms with van der Waals surface area (Å²) < 4.78 is 5.72. The van der Waals surface area contributed by atoms with Crippen LogP contribution in [0.5, 0.6) is 5.75 Å². The molecule has 2 heteroatoms. The van der Waals surface area contributed by atoms with Gasteiger partial charge in [-0.2, -0.15) is 0 Å². The maximum absolute atomic E-state index is 5.88. The molecule has 0 aromatic heterocycles. The van der Waals surface area contributed by atoms with Crippen LogP contribution in [0.1, 0.15) is 50.3 Å². The van der Waals surface area contributed by atoms with Crippen molar-refractivity contribution in [1.82, 2.24) is 0 Å². The molecule has 2 unspecified atom stereocenters. The van der Waals surface area contributed by atoms with Crippen molar-refractivity contribution in [2.24, 2.45) is 11.7 Å². The number of aryl methyl sites for hydroxylation is 2. The summed E-state index contributed by atoms with van der Waals surface area (Å²) in [5.74, 6) is 1.63. The van der Waals surface area contributed by atoms with Gasteiger partial charge in [-0.05, 0) is 74.8 Å². The zero-order valence-electron chi connectivity index (χ0n) is 13.1. The number of rotatable bonds is 7. The van der Waals surface area contributed by atoms with Crippen LogP contribution in [-0.2, 0) is 6.42 Å². The fourth-order valence-corrected chi connectivity index (χ4v) is 2.65. The Kier molecular flexibility index (Phi) is 6.36. The molecular weight excluding hydrogens is 234 g/mol. The molecule has 1 aromatic carbocycles. The second kappa shape index (κ2) is 7.54. The molecule has 0 aliphatic carbocycles. The molecule has 1 rings (SSSR count). The smallest absolute Gasteiger partial charge is 0.119 e. The quantitative estimate of drug-likeness (QED) is 0.806. The molecule has 0 aliphatic rings. The Hall–Kier alpha value is -1.02. The molecule has 0 saturated heterocycles. The minimum atomic E-state index is 0.280. The van der Waals surface area contributed by atoms with Crippen LogP contribution in [0.2, 0.25) is 0 Å². The highest BCUT2D eigenvalue weighted by Crippen LogP contribution is 2.25. The van der Waals surface area contributed by atoms with Crippen molar-refractivity contribution in [3.05, 3.63) is 28.8 Å². The Labute approximate surface area is 118 Å². The van der Waals surface area contributed by atoms with E-state index in [2.05, 4.69) is 46.8 Å². The summed E-state index contributed by atoms with van der Waals surface area (Å²) in [6.07, 6.45) is 3.23. The van der Waals surface area contributed by atoms with E-state index in [0.717, 1.165) is 31.6 Å². The van der Waals surface area contributed by atoms with Crippen LogP contribution >= 0.6 is 0 Å². The van der Waals surface area contributed by atoms with E-state index in [1.807, 2.05) is 0 Å². The Morgan fingerprint density at radius 3 is 2.21 bits per heavy atom. The van der Waals surface area contributed by atoms with Crippen LogP contribution in [0.4, 0.5) is 0 Å². The molecule has 0 aliphatic heterocycles. The molecule has 2 nitrogen and oxygen atoms in total. The van der Waals surface area contributed by atoms with Crippen molar-refractivity contribution in [3.8, 4) is 5.75 Å². The van der Waals surface area contributed by atoms with Crippen molar-refractivity contribution in [3.63, 3.8) is 0 Å². The summed E-state index contributed by atoms with van der Waals surface area (Å²) in [5, 5.41) is 0. The lowest BCUT2D eigenvalue weighted by Crippen LogP contribution is -2.19. The standard InChI is InChI=1S/C17H29NO/c1-6-7-19-16-10-13(3)17(14(4)11-16)9-12(2)8-15(5)18/h10-12,15H,6-9,18H2,1-5H3. The molecule has 0 saturated carbocycles. The van der Waals surface area contributed by atoms with Gasteiger partial charge >= 0.3 is 0 Å². The van der Waals surface area contributed by atoms with Crippen LogP contribution in [0, 0.1) is 19.8 Å². The van der Waals surface area contributed by atoms with Crippen LogP contribution < -0.4 is 10.5 Å². The lowest BCUT2D eigenvalue weighted by Gasteiger charge is -2.18. The van der Waals surface area contributed by atoms with Crippen LogP contribution in [-0.4, -0.2) is 12.6 Å². The number of nitrogens with two attached hydrogens (primary N) is 1. The van der Waals surface area contributed by atoms with Crippen molar-refractivity contribution >= 4 is 0 Å². The first-order chi connectivity index (χ1) is 8.93. The molecule has 0 fully saturated rings. The Balaban J connectivity index is 2.79. The molecule has 1 aromatic rings. The summed E-state index contributed by atoms with van der Waals surface area (Å²) in [6, 6.07) is 4.61. The maximum atomic E-state index is 5.88. The van der Waals surface area contributed by atoms with Crippen LogP contribution in [0.3, 0.4) is 0 Å². The molecule has 108 valence electrons. The summed E-state index contributed by atoms with van der Waals surface area (Å²) >= 11 is 0. The van der Waals surface area contributed by atoms with Gasteiger partial charge in [0.05, 0.1) is 6.61 Å². The largest absolute Gasteiger partial charge is 0.494 e. The van der Waals surface area contributed by atoms with E-state index in [9.17, 15) is 0 Å². The second-order valence-corrected chi connectivity index (χ2v) is 5.91. The summed E-state index contributed by atoms with van der Waals surface area (Å²) in [4.78, 5) is 0. The zero-order chi connectivity index (χ0) is 14.4. The van der Waals surface area contributed by atoms with Gasteiger partial charge in [0.25, 0.3) is 0 Å². The fourth-order valence-electron chi connectivity index (χ4n) is 2.65. The van der Waals surface area contributed by atoms with Crippen molar-refractivity contribution in [2.75, 3.05) is 6.61 Å². The first-order valence-corrected chi connectivity index (χ1v) is 7.42. The highest BCUT2D eigenvalue weighted by Gasteiger charge is 2.11. The van der Waals surface area contributed by atoms with Crippen LogP contribution in [0.25, 0.3) is 0 Å². The van der Waals surface area contributed by atoms with Gasteiger partial charge in [-0.15, -0.1) is 0 Å². The van der Waals surface area contributed by atoms with Gasteiger partial charge in [-0.25, -0.2) is 0 Å². The number of hydrogen-bond acceptors (Lipinski definition) is 2. The van der Waals surface area contributed by atoms with Crippen LogP contribution in [0.15, 0.2) is 12.1 Å². The van der Waals surface area contributed by atoms with Crippen molar-refractivity contribution in [1.29, 1.82) is 0 Å². The van der Waals surface area contributed by atoms with E-state index in [1.54, 1.807) is 0 Å². The third-order valence-corrected chi connectivity index (χ3v) is 3.47. The maximum Gasteiger partial charge on any atom is 0.119 e. The van der Waals surface area contributed by atoms with Gasteiger partial charge in [0.1, 0.15) is 5.75 Å². The minimum Gasteiger partial charge on any atom is -0.494 e. The van der Waals surface area contributed by atoms with Crippen molar-refractivity contribution in [2.45, 2.75) is 59.9 Å². The molecule has 2 atom stereocenters. The number of benzene rings is 1. The predicted molar refractivity (Wildman–Crippen MR) is 82.8 cm³/mol. The second-order valence-electron chi connectivity index (χ2n) is 5.91. The van der Waals surface area contributed by atoms with Gasteiger partial charge in [-0.3, -0.25) is 0 Å². The molecule has 0 radical (unpaired) electrons. The molecule has 19 heavy (non-hydrogen) atoms. The average molecular weight is 263 g/mol. The van der Waals surface area contributed by atoms with E-state index in [0.29, 0.717) is 5.92 Å². The summed E-state index contributed by atoms with van der Waals surface area (Å²) in [7, 11) is 0.